The molecule has 0 aliphatic heterocycles. The molecule has 0 unspecified atom stereocenters. The Balaban J connectivity index is 0.00000128. The van der Waals surface area contributed by atoms with Crippen molar-refractivity contribution in [3.8, 4) is 11.6 Å². The van der Waals surface area contributed by atoms with Crippen LogP contribution in [-0.2, 0) is 6.54 Å². The molecule has 2 N–H and O–H groups in total. The smallest absolute Gasteiger partial charge is 0.219 e. The Bertz CT molecular complexity index is 434. The van der Waals surface area contributed by atoms with Crippen molar-refractivity contribution in [3.05, 3.63) is 54.2 Å². The lowest BCUT2D eigenvalue weighted by Crippen LogP contribution is -1.99. The molecule has 0 fully saturated rings. The van der Waals surface area contributed by atoms with Gasteiger partial charge in [0.2, 0.25) is 5.88 Å². The highest BCUT2D eigenvalue weighted by Gasteiger charge is 2.02. The van der Waals surface area contributed by atoms with Crippen molar-refractivity contribution >= 4 is 12.4 Å². The predicted octanol–water partition coefficient (Wildman–Crippen LogP) is 2.75. The zero-order valence-corrected chi connectivity index (χ0v) is 9.48. The lowest BCUT2D eigenvalue weighted by Gasteiger charge is -2.08. The maximum Gasteiger partial charge on any atom is 0.219 e. The Morgan fingerprint density at radius 2 is 1.81 bits per heavy atom. The summed E-state index contributed by atoms with van der Waals surface area (Å²) in [6.45, 7) is 0.461. The first kappa shape index (κ1) is 12.5. The minimum Gasteiger partial charge on any atom is -0.439 e. The molecule has 0 aliphatic carbocycles. The first-order valence-corrected chi connectivity index (χ1v) is 4.77. The summed E-state index contributed by atoms with van der Waals surface area (Å²) >= 11 is 0. The molecule has 1 aromatic carbocycles. The van der Waals surface area contributed by atoms with Gasteiger partial charge in [-0.05, 0) is 12.1 Å². The average Bonchev–Trinajstić information content (AvgIpc) is 2.31. The second-order valence-corrected chi connectivity index (χ2v) is 3.08. The van der Waals surface area contributed by atoms with Crippen molar-refractivity contribution in [3.63, 3.8) is 0 Å². The van der Waals surface area contributed by atoms with Crippen LogP contribution in [0.15, 0.2) is 48.7 Å². The molecular formula is C12H13ClN2O. The van der Waals surface area contributed by atoms with Gasteiger partial charge in [0.15, 0.2) is 0 Å². The van der Waals surface area contributed by atoms with Crippen LogP contribution in [0.25, 0.3) is 0 Å². The van der Waals surface area contributed by atoms with E-state index in [1.807, 2.05) is 42.5 Å². The molecule has 1 aromatic heterocycles. The number of nitrogens with two attached hydrogens (primary N) is 1. The molecule has 16 heavy (non-hydrogen) atoms. The van der Waals surface area contributed by atoms with E-state index >= 15 is 0 Å². The molecule has 4 heteroatoms. The van der Waals surface area contributed by atoms with E-state index in [-0.39, 0.29) is 12.4 Å². The molecule has 2 rings (SSSR count). The third-order valence-electron chi connectivity index (χ3n) is 2.04. The standard InChI is InChI=1S/C12H12N2O.ClH/c13-9-10-5-1-2-6-11(10)15-12-7-3-4-8-14-12;/h1-8H,9,13H2;1H. The van der Waals surface area contributed by atoms with Crippen molar-refractivity contribution in [2.24, 2.45) is 5.73 Å². The number of benzene rings is 1. The molecule has 0 bridgehead atoms. The molecule has 3 nitrogen and oxygen atoms in total. The first-order valence-electron chi connectivity index (χ1n) is 4.77. The van der Waals surface area contributed by atoms with Gasteiger partial charge in [0, 0.05) is 24.4 Å². The summed E-state index contributed by atoms with van der Waals surface area (Å²) in [7, 11) is 0. The van der Waals surface area contributed by atoms with Crippen molar-refractivity contribution in [2.45, 2.75) is 6.54 Å². The fourth-order valence-electron chi connectivity index (χ4n) is 1.29. The lowest BCUT2D eigenvalue weighted by molar-refractivity contribution is 0.457. The lowest BCUT2D eigenvalue weighted by atomic mass is 10.2. The fourth-order valence-corrected chi connectivity index (χ4v) is 1.29. The van der Waals surface area contributed by atoms with Gasteiger partial charge in [-0.25, -0.2) is 4.98 Å². The highest BCUT2D eigenvalue weighted by atomic mass is 35.5. The van der Waals surface area contributed by atoms with Crippen LogP contribution in [0.2, 0.25) is 0 Å². The molecule has 0 aliphatic rings. The van der Waals surface area contributed by atoms with Crippen LogP contribution < -0.4 is 10.5 Å². The quantitative estimate of drug-likeness (QED) is 0.892. The van der Waals surface area contributed by atoms with Crippen LogP contribution in [0.5, 0.6) is 11.6 Å². The van der Waals surface area contributed by atoms with Crippen LogP contribution in [0.3, 0.4) is 0 Å². The zero-order valence-electron chi connectivity index (χ0n) is 8.67. The summed E-state index contributed by atoms with van der Waals surface area (Å²) in [5.41, 5.74) is 6.58. The highest BCUT2D eigenvalue weighted by molar-refractivity contribution is 5.85. The molecule has 0 atom stereocenters. The number of hydrogen-bond donors (Lipinski definition) is 1. The Morgan fingerprint density at radius 1 is 1.06 bits per heavy atom. The predicted molar refractivity (Wildman–Crippen MR) is 65.9 cm³/mol. The van der Waals surface area contributed by atoms with Crippen molar-refractivity contribution in [2.75, 3.05) is 0 Å². The molecule has 0 radical (unpaired) electrons. The van der Waals surface area contributed by atoms with E-state index in [2.05, 4.69) is 4.98 Å². The van der Waals surface area contributed by atoms with E-state index in [1.165, 1.54) is 0 Å². The maximum absolute atomic E-state index is 5.61. The maximum atomic E-state index is 5.61. The normalized spacial score (nSPS) is 9.31. The van der Waals surface area contributed by atoms with Gasteiger partial charge in [-0.15, -0.1) is 12.4 Å². The van der Waals surface area contributed by atoms with Gasteiger partial charge < -0.3 is 10.5 Å². The number of aromatic nitrogens is 1. The van der Waals surface area contributed by atoms with Crippen LogP contribution in [0.1, 0.15) is 5.56 Å². The third-order valence-corrected chi connectivity index (χ3v) is 2.04. The van der Waals surface area contributed by atoms with E-state index in [4.69, 9.17) is 10.5 Å². The van der Waals surface area contributed by atoms with Crippen LogP contribution in [-0.4, -0.2) is 4.98 Å². The van der Waals surface area contributed by atoms with Crippen LogP contribution >= 0.6 is 12.4 Å². The minimum atomic E-state index is 0. The minimum absolute atomic E-state index is 0. The largest absolute Gasteiger partial charge is 0.439 e. The Morgan fingerprint density at radius 3 is 2.50 bits per heavy atom. The summed E-state index contributed by atoms with van der Waals surface area (Å²) in [6, 6.07) is 13.2. The summed E-state index contributed by atoms with van der Waals surface area (Å²) < 4.78 is 5.61. The topological polar surface area (TPSA) is 48.1 Å². The monoisotopic (exact) mass is 236 g/mol. The zero-order chi connectivity index (χ0) is 10.5. The molecule has 0 saturated heterocycles. The molecule has 84 valence electrons. The van der Waals surface area contributed by atoms with Gasteiger partial charge in [-0.3, -0.25) is 0 Å². The van der Waals surface area contributed by atoms with Gasteiger partial charge in [-0.2, -0.15) is 0 Å². The second kappa shape index (κ2) is 6.10. The van der Waals surface area contributed by atoms with Crippen LogP contribution in [0.4, 0.5) is 0 Å². The van der Waals surface area contributed by atoms with E-state index in [0.29, 0.717) is 12.4 Å². The summed E-state index contributed by atoms with van der Waals surface area (Å²) in [6.07, 6.45) is 1.69. The number of nitrogens with zero attached hydrogens (tertiary/aromatic N) is 1. The number of rotatable bonds is 3. The second-order valence-electron chi connectivity index (χ2n) is 3.08. The van der Waals surface area contributed by atoms with E-state index < -0.39 is 0 Å². The Kier molecular flexibility index (Phi) is 4.76. The molecule has 2 aromatic rings. The summed E-state index contributed by atoms with van der Waals surface area (Å²) in [5.74, 6) is 1.34. The molecular weight excluding hydrogens is 224 g/mol. The number of hydrogen-bond acceptors (Lipinski definition) is 3. The van der Waals surface area contributed by atoms with Crippen molar-refractivity contribution in [1.82, 2.24) is 4.98 Å². The average molecular weight is 237 g/mol. The van der Waals surface area contributed by atoms with Crippen LogP contribution in [0, 0.1) is 0 Å². The van der Waals surface area contributed by atoms with E-state index in [1.54, 1.807) is 6.20 Å². The number of para-hydroxylation sites is 1. The highest BCUT2D eigenvalue weighted by Crippen LogP contribution is 2.22. The first-order chi connectivity index (χ1) is 7.40. The van der Waals surface area contributed by atoms with Gasteiger partial charge in [0.1, 0.15) is 5.75 Å². The number of pyridine rings is 1. The van der Waals surface area contributed by atoms with Crippen molar-refractivity contribution < 1.29 is 4.74 Å². The summed E-state index contributed by atoms with van der Waals surface area (Å²) in [4.78, 5) is 4.09. The third kappa shape index (κ3) is 2.95. The molecule has 0 saturated carbocycles. The van der Waals surface area contributed by atoms with Gasteiger partial charge in [-0.1, -0.05) is 24.3 Å². The Hall–Kier alpha value is -1.58. The van der Waals surface area contributed by atoms with Gasteiger partial charge >= 0.3 is 0 Å². The van der Waals surface area contributed by atoms with E-state index in [0.717, 1.165) is 11.3 Å². The van der Waals surface area contributed by atoms with Gasteiger partial charge in [0.25, 0.3) is 0 Å². The number of halogens is 1. The SMILES string of the molecule is Cl.NCc1ccccc1Oc1ccccn1. The van der Waals surface area contributed by atoms with E-state index in [9.17, 15) is 0 Å². The summed E-state index contributed by atoms with van der Waals surface area (Å²) in [5, 5.41) is 0. The Labute approximate surface area is 101 Å². The van der Waals surface area contributed by atoms with Crippen molar-refractivity contribution in [1.29, 1.82) is 0 Å². The number of ether oxygens (including phenoxy) is 1. The molecule has 1 heterocycles. The van der Waals surface area contributed by atoms with Gasteiger partial charge in [0.05, 0.1) is 0 Å². The molecule has 0 spiro atoms. The molecule has 0 amide bonds. The fraction of sp³-hybridized carbons (Fsp3) is 0.0833.